The zero-order valence-electron chi connectivity index (χ0n) is 8.50. The van der Waals surface area contributed by atoms with Crippen molar-refractivity contribution in [1.82, 2.24) is 4.90 Å². The van der Waals surface area contributed by atoms with Crippen LogP contribution in [0.2, 0.25) is 0 Å². The molecule has 5 atom stereocenters. The second-order valence-electron chi connectivity index (χ2n) is 4.88. The van der Waals surface area contributed by atoms with Crippen LogP contribution in [0.4, 0.5) is 0 Å². The Morgan fingerprint density at radius 1 is 1.38 bits per heavy atom. The van der Waals surface area contributed by atoms with Crippen LogP contribution in [0.25, 0.3) is 0 Å². The Hall–Kier alpha value is -1.20. The summed E-state index contributed by atoms with van der Waals surface area (Å²) in [4.78, 5) is 25.3. The van der Waals surface area contributed by atoms with Gasteiger partial charge in [-0.25, -0.2) is 0 Å². The zero-order valence-corrected chi connectivity index (χ0v) is 8.50. The SMILES string of the molecule is O=C1[C@@H]2C3OC34C=CC4[C@@H]2C(=O)N1CCO. The summed E-state index contributed by atoms with van der Waals surface area (Å²) in [5.74, 6) is -0.750. The van der Waals surface area contributed by atoms with E-state index < -0.39 is 0 Å². The van der Waals surface area contributed by atoms with Gasteiger partial charge in [0.05, 0.1) is 25.0 Å². The number of carbonyl (C=O) groups excluding carboxylic acids is 2. The summed E-state index contributed by atoms with van der Waals surface area (Å²) in [5, 5.41) is 8.84. The van der Waals surface area contributed by atoms with E-state index in [-0.39, 0.29) is 54.4 Å². The molecule has 0 aromatic heterocycles. The van der Waals surface area contributed by atoms with E-state index in [0.29, 0.717) is 0 Å². The highest BCUT2D eigenvalue weighted by atomic mass is 16.6. The van der Waals surface area contributed by atoms with Gasteiger partial charge in [-0.05, 0) is 0 Å². The van der Waals surface area contributed by atoms with Gasteiger partial charge in [-0.15, -0.1) is 0 Å². The largest absolute Gasteiger partial charge is 0.395 e. The first-order valence-electron chi connectivity index (χ1n) is 5.54. The maximum absolute atomic E-state index is 12.0. The van der Waals surface area contributed by atoms with Crippen molar-refractivity contribution in [3.8, 4) is 0 Å². The third-order valence-electron chi connectivity index (χ3n) is 4.33. The van der Waals surface area contributed by atoms with Gasteiger partial charge in [0.2, 0.25) is 11.8 Å². The number of likely N-dealkylation sites (tertiary alicyclic amines) is 1. The summed E-state index contributed by atoms with van der Waals surface area (Å²) in [7, 11) is 0. The number of ether oxygens (including phenoxy) is 1. The Balaban J connectivity index is 1.72. The van der Waals surface area contributed by atoms with E-state index in [1.807, 2.05) is 12.2 Å². The molecule has 2 saturated heterocycles. The van der Waals surface area contributed by atoms with Crippen LogP contribution in [0.5, 0.6) is 0 Å². The lowest BCUT2D eigenvalue weighted by molar-refractivity contribution is -0.141. The van der Waals surface area contributed by atoms with Crippen LogP contribution in [0, 0.1) is 17.8 Å². The average Bonchev–Trinajstić information content (AvgIpc) is 2.90. The molecule has 16 heavy (non-hydrogen) atoms. The van der Waals surface area contributed by atoms with Gasteiger partial charge < -0.3 is 9.84 Å². The second kappa shape index (κ2) is 2.38. The minimum atomic E-state index is -0.306. The summed E-state index contributed by atoms with van der Waals surface area (Å²) < 4.78 is 5.55. The molecule has 2 heterocycles. The van der Waals surface area contributed by atoms with E-state index in [1.54, 1.807) is 0 Å². The number of fused-ring (bicyclic) bond motifs is 3. The minimum absolute atomic E-state index is 0.0858. The molecule has 1 spiro atoms. The van der Waals surface area contributed by atoms with E-state index >= 15 is 0 Å². The summed E-state index contributed by atoms with van der Waals surface area (Å²) in [6.07, 6.45) is 3.85. The Morgan fingerprint density at radius 2 is 2.12 bits per heavy atom. The molecule has 0 aromatic rings. The molecule has 5 nitrogen and oxygen atoms in total. The van der Waals surface area contributed by atoms with Gasteiger partial charge in [0.25, 0.3) is 0 Å². The first-order valence-corrected chi connectivity index (χ1v) is 5.54. The van der Waals surface area contributed by atoms with Crippen LogP contribution in [0.1, 0.15) is 0 Å². The van der Waals surface area contributed by atoms with E-state index in [2.05, 4.69) is 0 Å². The van der Waals surface area contributed by atoms with Crippen LogP contribution in [0.3, 0.4) is 0 Å². The van der Waals surface area contributed by atoms with Crippen molar-refractivity contribution >= 4 is 11.8 Å². The van der Waals surface area contributed by atoms with Crippen molar-refractivity contribution in [2.45, 2.75) is 11.7 Å². The summed E-state index contributed by atoms with van der Waals surface area (Å²) >= 11 is 0. The van der Waals surface area contributed by atoms with Crippen molar-refractivity contribution in [3.05, 3.63) is 12.2 Å². The lowest BCUT2D eigenvalue weighted by Crippen LogP contribution is -2.39. The Labute approximate surface area is 91.7 Å². The number of nitrogens with zero attached hydrogens (tertiary/aromatic N) is 1. The van der Waals surface area contributed by atoms with E-state index in [0.717, 1.165) is 0 Å². The molecule has 2 amide bonds. The average molecular weight is 221 g/mol. The highest BCUT2D eigenvalue weighted by molar-refractivity contribution is 6.07. The molecule has 0 radical (unpaired) electrons. The molecule has 3 unspecified atom stereocenters. The quantitative estimate of drug-likeness (QED) is 0.366. The number of aliphatic hydroxyl groups excluding tert-OH is 1. The molecule has 0 bridgehead atoms. The van der Waals surface area contributed by atoms with E-state index in [4.69, 9.17) is 9.84 Å². The number of carbonyl (C=O) groups is 2. The van der Waals surface area contributed by atoms with Gasteiger partial charge in [-0.1, -0.05) is 12.2 Å². The maximum Gasteiger partial charge on any atom is 0.235 e. The highest BCUT2D eigenvalue weighted by Gasteiger charge is 2.80. The molecule has 2 aliphatic heterocycles. The van der Waals surface area contributed by atoms with Crippen molar-refractivity contribution in [2.24, 2.45) is 17.8 Å². The molecule has 4 aliphatic rings. The number of hydrogen-bond acceptors (Lipinski definition) is 4. The Kier molecular flexibility index (Phi) is 1.33. The van der Waals surface area contributed by atoms with Crippen LogP contribution in [-0.2, 0) is 14.3 Å². The van der Waals surface area contributed by atoms with Gasteiger partial charge >= 0.3 is 0 Å². The molecule has 84 valence electrons. The van der Waals surface area contributed by atoms with Crippen molar-refractivity contribution in [2.75, 3.05) is 13.2 Å². The van der Waals surface area contributed by atoms with Gasteiger partial charge in [-0.2, -0.15) is 0 Å². The maximum atomic E-state index is 12.0. The minimum Gasteiger partial charge on any atom is -0.395 e. The van der Waals surface area contributed by atoms with E-state index in [1.165, 1.54) is 4.90 Å². The number of β-amino-alcohol motifs (C(OH)–C–C–N with tert-alkyl or cyclic N) is 1. The number of aliphatic hydroxyl groups is 1. The van der Waals surface area contributed by atoms with Crippen molar-refractivity contribution < 1.29 is 19.4 Å². The first-order chi connectivity index (χ1) is 7.70. The van der Waals surface area contributed by atoms with Gasteiger partial charge in [0.1, 0.15) is 11.7 Å². The Morgan fingerprint density at radius 3 is 2.75 bits per heavy atom. The number of imide groups is 1. The number of amides is 2. The third-order valence-corrected chi connectivity index (χ3v) is 4.33. The van der Waals surface area contributed by atoms with Gasteiger partial charge in [0.15, 0.2) is 0 Å². The van der Waals surface area contributed by atoms with Gasteiger partial charge in [-0.3, -0.25) is 14.5 Å². The van der Waals surface area contributed by atoms with Crippen LogP contribution in [-0.4, -0.2) is 46.7 Å². The van der Waals surface area contributed by atoms with Crippen LogP contribution >= 0.6 is 0 Å². The third kappa shape index (κ3) is 0.691. The molecule has 5 heteroatoms. The molecular formula is C11H11NO4. The van der Waals surface area contributed by atoms with Crippen molar-refractivity contribution in [1.29, 1.82) is 0 Å². The molecule has 1 N–H and O–H groups in total. The van der Waals surface area contributed by atoms with Crippen LogP contribution in [0.15, 0.2) is 12.2 Å². The molecule has 0 aromatic carbocycles. The molecule has 1 saturated carbocycles. The normalized spacial score (nSPS) is 51.2. The topological polar surface area (TPSA) is 70.1 Å². The zero-order chi connectivity index (χ0) is 11.1. The second-order valence-corrected chi connectivity index (χ2v) is 4.88. The molecule has 4 rings (SSSR count). The van der Waals surface area contributed by atoms with E-state index in [9.17, 15) is 9.59 Å². The first kappa shape index (κ1) is 8.90. The fraction of sp³-hybridized carbons (Fsp3) is 0.636. The van der Waals surface area contributed by atoms with Crippen LogP contribution < -0.4 is 0 Å². The van der Waals surface area contributed by atoms with Gasteiger partial charge in [0, 0.05) is 5.92 Å². The summed E-state index contributed by atoms with van der Waals surface area (Å²) in [5.41, 5.74) is -0.272. The molecule has 3 fully saturated rings. The molecular weight excluding hydrogens is 210 g/mol. The number of epoxide rings is 1. The number of hydrogen-bond donors (Lipinski definition) is 1. The van der Waals surface area contributed by atoms with Crippen molar-refractivity contribution in [3.63, 3.8) is 0 Å². The lowest BCUT2D eigenvalue weighted by atomic mass is 9.78. The molecule has 2 aliphatic carbocycles. The predicted molar refractivity (Wildman–Crippen MR) is 51.0 cm³/mol. The fourth-order valence-electron chi connectivity index (χ4n) is 3.53. The smallest absolute Gasteiger partial charge is 0.235 e. The lowest BCUT2D eigenvalue weighted by Gasteiger charge is -2.27. The standard InChI is InChI=1S/C11H11NO4/c13-4-3-12-9(14)6-5-1-2-11(5)8(16-11)7(6)10(12)15/h1-2,5-8,13H,3-4H2/t5?,6-,7-,8?,11?/m0/s1. The predicted octanol–water partition coefficient (Wildman–Crippen LogP) is -1.08. The fourth-order valence-corrected chi connectivity index (χ4v) is 3.53. The summed E-state index contributed by atoms with van der Waals surface area (Å²) in [6, 6.07) is 0. The summed E-state index contributed by atoms with van der Waals surface area (Å²) in [6.45, 7) is -0.0606. The monoisotopic (exact) mass is 221 g/mol. The highest BCUT2D eigenvalue weighted by Crippen LogP contribution is 2.67. The number of rotatable bonds is 2. The Bertz CT molecular complexity index is 445.